The zero-order chi connectivity index (χ0) is 15.0. The molecular weight excluding hydrogens is 286 g/mol. The lowest BCUT2D eigenvalue weighted by Gasteiger charge is -2.09. The van der Waals surface area contributed by atoms with Crippen LogP contribution in [-0.2, 0) is 18.6 Å². The number of rotatable bonds is 6. The second kappa shape index (κ2) is 7.81. The first kappa shape index (κ1) is 14.9. The molecule has 0 aliphatic rings. The summed E-state index contributed by atoms with van der Waals surface area (Å²) < 4.78 is 0. The summed E-state index contributed by atoms with van der Waals surface area (Å²) in [6.07, 6.45) is 3.89. The Bertz CT molecular complexity index is 633. The van der Waals surface area contributed by atoms with Gasteiger partial charge in [0.05, 0.1) is 0 Å². The normalized spacial score (nSPS) is 10.5. The van der Waals surface area contributed by atoms with E-state index in [-0.39, 0.29) is 0 Å². The van der Waals surface area contributed by atoms with Gasteiger partial charge in [0.25, 0.3) is 0 Å². The summed E-state index contributed by atoms with van der Waals surface area (Å²) in [7, 11) is 0. The molecule has 110 valence electrons. The van der Waals surface area contributed by atoms with E-state index in [4.69, 9.17) is 0 Å². The van der Waals surface area contributed by atoms with Crippen molar-refractivity contribution in [3.8, 4) is 0 Å². The molecule has 1 aromatic heterocycles. The molecule has 1 nitrogen and oxygen atoms in total. The van der Waals surface area contributed by atoms with Gasteiger partial charge in [0.2, 0.25) is 0 Å². The van der Waals surface area contributed by atoms with Crippen molar-refractivity contribution < 1.29 is 0 Å². The van der Waals surface area contributed by atoms with Gasteiger partial charge in [-0.25, -0.2) is 0 Å². The van der Waals surface area contributed by atoms with Crippen molar-refractivity contribution in [2.24, 2.45) is 0 Å². The largest absolute Gasteiger partial charge is 0.261 e. The molecule has 0 aliphatic heterocycles. The average Bonchev–Trinajstić information content (AvgIpc) is 2.61. The molecule has 0 bridgehead atoms. The molecule has 0 unspecified atom stereocenters. The van der Waals surface area contributed by atoms with Crippen LogP contribution in [-0.4, -0.2) is 4.98 Å². The summed E-state index contributed by atoms with van der Waals surface area (Å²) >= 11 is 1.91. The van der Waals surface area contributed by atoms with E-state index in [1.165, 1.54) is 16.0 Å². The smallest absolute Gasteiger partial charge is 0.0406 e. The van der Waals surface area contributed by atoms with Crippen LogP contribution in [0.2, 0.25) is 0 Å². The Morgan fingerprint density at radius 3 is 2.32 bits per heavy atom. The minimum atomic E-state index is 0.990. The second-order valence-electron chi connectivity index (χ2n) is 5.20. The predicted octanol–water partition coefficient (Wildman–Crippen LogP) is 5.16. The highest BCUT2D eigenvalue weighted by Crippen LogP contribution is 2.27. The minimum absolute atomic E-state index is 0.990. The lowest BCUT2D eigenvalue weighted by atomic mass is 10.1. The summed E-state index contributed by atoms with van der Waals surface area (Å²) in [5, 5.41) is 0. The van der Waals surface area contributed by atoms with Crippen molar-refractivity contribution in [1.82, 2.24) is 4.98 Å². The Kier molecular flexibility index (Phi) is 5.27. The van der Waals surface area contributed by atoms with Gasteiger partial charge in [-0.15, -0.1) is 11.8 Å². The van der Waals surface area contributed by atoms with Crippen molar-refractivity contribution in [2.45, 2.75) is 23.5 Å². The molecule has 0 amide bonds. The Hall–Kier alpha value is -2.06. The highest BCUT2D eigenvalue weighted by molar-refractivity contribution is 7.98. The fourth-order valence-corrected chi connectivity index (χ4v) is 3.44. The van der Waals surface area contributed by atoms with Crippen LogP contribution in [0.15, 0.2) is 83.9 Å². The van der Waals surface area contributed by atoms with Crippen LogP contribution in [0.1, 0.15) is 16.8 Å². The summed E-state index contributed by atoms with van der Waals surface area (Å²) in [6, 6.07) is 25.5. The average molecular weight is 305 g/mol. The maximum atomic E-state index is 4.41. The number of aryl methyl sites for hydroxylation is 2. The standard InChI is InChI=1S/C20H19NS/c1-2-8-17(9-3-1)16-22-20-12-5-4-10-18(20)13-14-19-11-6-7-15-21-19/h1-12,15H,13-14,16H2. The van der Waals surface area contributed by atoms with Crippen LogP contribution in [0.3, 0.4) is 0 Å². The van der Waals surface area contributed by atoms with E-state index >= 15 is 0 Å². The van der Waals surface area contributed by atoms with Crippen molar-refractivity contribution >= 4 is 11.8 Å². The number of pyridine rings is 1. The van der Waals surface area contributed by atoms with Crippen LogP contribution in [0.5, 0.6) is 0 Å². The molecule has 3 rings (SSSR count). The fourth-order valence-electron chi connectivity index (χ4n) is 2.40. The first-order valence-corrected chi connectivity index (χ1v) is 8.55. The lowest BCUT2D eigenvalue weighted by Crippen LogP contribution is -1.95. The highest BCUT2D eigenvalue weighted by Gasteiger charge is 2.04. The molecular formula is C20H19NS. The van der Waals surface area contributed by atoms with Gasteiger partial charge in [-0.3, -0.25) is 4.98 Å². The van der Waals surface area contributed by atoms with Gasteiger partial charge in [0.1, 0.15) is 0 Å². The van der Waals surface area contributed by atoms with E-state index in [2.05, 4.69) is 71.7 Å². The predicted molar refractivity (Wildman–Crippen MR) is 94.1 cm³/mol. The Morgan fingerprint density at radius 2 is 1.50 bits per heavy atom. The van der Waals surface area contributed by atoms with Crippen molar-refractivity contribution in [3.05, 3.63) is 95.8 Å². The second-order valence-corrected chi connectivity index (χ2v) is 6.22. The maximum Gasteiger partial charge on any atom is 0.0406 e. The van der Waals surface area contributed by atoms with Crippen molar-refractivity contribution in [1.29, 1.82) is 0 Å². The molecule has 0 fully saturated rings. The monoisotopic (exact) mass is 305 g/mol. The molecule has 0 atom stereocenters. The number of nitrogens with zero attached hydrogens (tertiary/aromatic N) is 1. The Labute approximate surface area is 136 Å². The Morgan fingerprint density at radius 1 is 0.727 bits per heavy atom. The van der Waals surface area contributed by atoms with E-state index in [9.17, 15) is 0 Å². The number of aromatic nitrogens is 1. The van der Waals surface area contributed by atoms with E-state index in [0.717, 1.165) is 24.3 Å². The molecule has 3 aromatic rings. The molecule has 2 heteroatoms. The summed E-state index contributed by atoms with van der Waals surface area (Å²) in [6.45, 7) is 0. The van der Waals surface area contributed by atoms with Gasteiger partial charge < -0.3 is 0 Å². The SMILES string of the molecule is c1ccc(CSc2ccccc2CCc2ccccn2)cc1. The first-order chi connectivity index (χ1) is 10.9. The molecule has 0 spiro atoms. The van der Waals surface area contributed by atoms with Crippen LogP contribution < -0.4 is 0 Å². The van der Waals surface area contributed by atoms with Crippen LogP contribution in [0, 0.1) is 0 Å². The van der Waals surface area contributed by atoms with Crippen LogP contribution in [0.25, 0.3) is 0 Å². The zero-order valence-corrected chi connectivity index (χ0v) is 13.3. The minimum Gasteiger partial charge on any atom is -0.261 e. The van der Waals surface area contributed by atoms with Gasteiger partial charge in [0.15, 0.2) is 0 Å². The van der Waals surface area contributed by atoms with E-state index < -0.39 is 0 Å². The van der Waals surface area contributed by atoms with Gasteiger partial charge in [-0.1, -0.05) is 54.6 Å². The number of benzene rings is 2. The van der Waals surface area contributed by atoms with E-state index in [1.807, 2.05) is 24.0 Å². The summed E-state index contributed by atoms with van der Waals surface area (Å²) in [4.78, 5) is 5.79. The van der Waals surface area contributed by atoms with E-state index in [1.54, 1.807) is 0 Å². The third kappa shape index (κ3) is 4.22. The quantitative estimate of drug-likeness (QED) is 0.583. The highest BCUT2D eigenvalue weighted by atomic mass is 32.2. The van der Waals surface area contributed by atoms with Gasteiger partial charge in [0, 0.05) is 22.5 Å². The fraction of sp³-hybridized carbons (Fsp3) is 0.150. The Balaban J connectivity index is 1.65. The third-order valence-electron chi connectivity index (χ3n) is 3.59. The molecule has 0 radical (unpaired) electrons. The van der Waals surface area contributed by atoms with Gasteiger partial charge in [-0.2, -0.15) is 0 Å². The molecule has 0 saturated heterocycles. The summed E-state index contributed by atoms with van der Waals surface area (Å²) in [5.41, 5.74) is 3.94. The topological polar surface area (TPSA) is 12.9 Å². The van der Waals surface area contributed by atoms with Crippen LogP contribution >= 0.6 is 11.8 Å². The van der Waals surface area contributed by atoms with Crippen molar-refractivity contribution in [3.63, 3.8) is 0 Å². The van der Waals surface area contributed by atoms with Gasteiger partial charge in [-0.05, 0) is 42.2 Å². The molecule has 1 heterocycles. The number of hydrogen-bond acceptors (Lipinski definition) is 2. The van der Waals surface area contributed by atoms with Crippen LogP contribution in [0.4, 0.5) is 0 Å². The lowest BCUT2D eigenvalue weighted by molar-refractivity contribution is 0.896. The number of hydrogen-bond donors (Lipinski definition) is 0. The molecule has 0 aliphatic carbocycles. The maximum absolute atomic E-state index is 4.41. The summed E-state index contributed by atoms with van der Waals surface area (Å²) in [5.74, 6) is 1.02. The number of thioether (sulfide) groups is 1. The van der Waals surface area contributed by atoms with E-state index in [0.29, 0.717) is 0 Å². The molecule has 0 N–H and O–H groups in total. The molecule has 0 saturated carbocycles. The van der Waals surface area contributed by atoms with Gasteiger partial charge >= 0.3 is 0 Å². The van der Waals surface area contributed by atoms with Crippen molar-refractivity contribution in [2.75, 3.05) is 0 Å². The zero-order valence-electron chi connectivity index (χ0n) is 12.5. The molecule has 2 aromatic carbocycles. The third-order valence-corrected chi connectivity index (χ3v) is 4.77. The molecule has 22 heavy (non-hydrogen) atoms. The first-order valence-electron chi connectivity index (χ1n) is 7.56.